The molecule has 1 radical (unpaired) electrons. The second kappa shape index (κ2) is 15.2. The largest absolute Gasteiger partial charge is 0.305 e. The zero-order valence-corrected chi connectivity index (χ0v) is 33.1. The summed E-state index contributed by atoms with van der Waals surface area (Å²) < 4.78 is 67.2. The van der Waals surface area contributed by atoms with Crippen molar-refractivity contribution in [1.82, 2.24) is 9.97 Å². The first kappa shape index (κ1) is 27.0. The van der Waals surface area contributed by atoms with E-state index in [1.165, 1.54) is 11.3 Å². The van der Waals surface area contributed by atoms with Gasteiger partial charge in [-0.3, -0.25) is 0 Å². The number of fused-ring (bicyclic) bond motifs is 4. The maximum Gasteiger partial charge on any atom is 0.0799 e. The minimum Gasteiger partial charge on any atom is -0.305 e. The molecule has 255 valence electrons. The van der Waals surface area contributed by atoms with E-state index in [4.69, 9.17) is 11.0 Å². The molecule has 0 saturated heterocycles. The first-order chi connectivity index (χ1) is 26.6. The van der Waals surface area contributed by atoms with Gasteiger partial charge in [-0.05, 0) is 81.4 Å². The topological polar surface area (TPSA) is 25.8 Å². The number of thiophene rings is 1. The zero-order chi connectivity index (χ0) is 41.1. The van der Waals surface area contributed by atoms with E-state index in [0.717, 1.165) is 53.7 Å². The summed E-state index contributed by atoms with van der Waals surface area (Å²) in [6, 6.07) is 35.4. The second-order valence-corrected chi connectivity index (χ2v) is 19.7. The molecule has 0 spiro atoms. The van der Waals surface area contributed by atoms with E-state index < -0.39 is 33.6 Å². The van der Waals surface area contributed by atoms with Gasteiger partial charge >= 0.3 is 0 Å². The third kappa shape index (κ3) is 7.48. The van der Waals surface area contributed by atoms with Gasteiger partial charge in [0.05, 0.1) is 8.07 Å². The quantitative estimate of drug-likeness (QED) is 0.127. The van der Waals surface area contributed by atoms with Crippen LogP contribution in [-0.4, -0.2) is 18.0 Å². The van der Waals surface area contributed by atoms with Gasteiger partial charge in [0, 0.05) is 48.2 Å². The number of pyridine rings is 2. The molecule has 3 aromatic heterocycles. The average molecular weight is 873 g/mol. The Kier molecular flexibility index (Phi) is 8.23. The summed E-state index contributed by atoms with van der Waals surface area (Å²) in [5, 5.41) is 3.42. The predicted molar refractivity (Wildman–Crippen MR) is 214 cm³/mol. The number of hydrogen-bond acceptors (Lipinski definition) is 3. The molecule has 0 atom stereocenters. The SMILES string of the molecule is [2H]C([2H])([2H])c1c[c-]c(-c2cc(C([2H])(C)C)c([Si](C)(C)C)cn2)cc1.[2H]C1([2H])CCC([2H])([2H])c2c1ccnc2-c1[c-]ccc2c1sc1cc(-c3ccccc3)ccc12.[Ir]. The molecule has 5 heteroatoms. The van der Waals surface area contributed by atoms with E-state index in [0.29, 0.717) is 16.8 Å². The standard InChI is InChI=1S/C27H20NS.C18H24NSi.Ir/c1-2-7-18(8-3-1)20-13-14-22-23-11-6-12-24(27(23)29-25(22)17-20)26-21-10-5-4-9-19(21)15-16-28-26;1-13(2)16-11-17(15-9-7-14(3)8-10-15)19-12-18(16)20(4,5)6;/h1-3,6-8,11,13-17H,4-5,9-10H2;7-9,11-13H,1-6H3;/q2*-1;/i9D2,10D2;3D3,13D;. The molecule has 0 bridgehead atoms. The van der Waals surface area contributed by atoms with Gasteiger partial charge < -0.3 is 9.97 Å². The Morgan fingerprint density at radius 1 is 0.880 bits per heavy atom. The van der Waals surface area contributed by atoms with Crippen LogP contribution in [-0.2, 0) is 32.9 Å². The molecule has 3 heterocycles. The first-order valence-electron chi connectivity index (χ1n) is 20.6. The van der Waals surface area contributed by atoms with E-state index in [1.807, 2.05) is 56.4 Å². The van der Waals surface area contributed by atoms with E-state index in [-0.39, 0.29) is 38.5 Å². The number of aryl methyl sites for hydroxylation is 2. The van der Waals surface area contributed by atoms with Crippen molar-refractivity contribution in [2.24, 2.45) is 0 Å². The molecular formula is C45H44IrN2SSi-2. The van der Waals surface area contributed by atoms with Crippen molar-refractivity contribution >= 4 is 44.8 Å². The van der Waals surface area contributed by atoms with E-state index >= 15 is 0 Å². The van der Waals surface area contributed by atoms with Gasteiger partial charge in [0.2, 0.25) is 0 Å². The van der Waals surface area contributed by atoms with Gasteiger partial charge in [-0.15, -0.1) is 59.2 Å². The van der Waals surface area contributed by atoms with Gasteiger partial charge in [-0.25, -0.2) is 0 Å². The van der Waals surface area contributed by atoms with E-state index in [9.17, 15) is 0 Å². The van der Waals surface area contributed by atoms with Crippen LogP contribution in [0.5, 0.6) is 0 Å². The summed E-state index contributed by atoms with van der Waals surface area (Å²) in [4.78, 5) is 9.14. The van der Waals surface area contributed by atoms with Gasteiger partial charge in [-0.2, -0.15) is 11.3 Å². The fourth-order valence-electron chi connectivity index (χ4n) is 6.29. The van der Waals surface area contributed by atoms with E-state index in [1.54, 1.807) is 35.7 Å². The molecule has 0 N–H and O–H groups in total. The van der Waals surface area contributed by atoms with Crippen LogP contribution in [0, 0.1) is 19.0 Å². The molecule has 0 unspecified atom stereocenters. The molecule has 0 saturated carbocycles. The Hall–Kier alpha value is -3.73. The van der Waals surface area contributed by atoms with Gasteiger partial charge in [0.25, 0.3) is 0 Å². The van der Waals surface area contributed by atoms with E-state index in [2.05, 4.69) is 72.1 Å². The Bertz CT molecular complexity index is 2590. The minimum atomic E-state index is -2.13. The molecule has 1 aliphatic carbocycles. The molecule has 0 fully saturated rings. The number of aromatic nitrogens is 2. The summed E-state index contributed by atoms with van der Waals surface area (Å²) in [6.45, 7) is 8.38. The Morgan fingerprint density at radius 2 is 1.70 bits per heavy atom. The Morgan fingerprint density at radius 3 is 2.44 bits per heavy atom. The van der Waals surface area contributed by atoms with Crippen LogP contribution in [0.15, 0.2) is 103 Å². The number of hydrogen-bond donors (Lipinski definition) is 0. The van der Waals surface area contributed by atoms with Crippen LogP contribution in [0.3, 0.4) is 0 Å². The van der Waals surface area contributed by atoms with Gasteiger partial charge in [0.15, 0.2) is 0 Å². The van der Waals surface area contributed by atoms with Crippen LogP contribution in [0.1, 0.15) is 65.8 Å². The Labute approximate surface area is 327 Å². The fraction of sp³-hybridized carbons (Fsp3) is 0.244. The third-order valence-electron chi connectivity index (χ3n) is 8.81. The van der Waals surface area contributed by atoms with Crippen molar-refractivity contribution in [3.63, 3.8) is 0 Å². The third-order valence-corrected chi connectivity index (χ3v) is 12.0. The van der Waals surface area contributed by atoms with Gasteiger partial charge in [0.1, 0.15) is 0 Å². The zero-order valence-electron chi connectivity index (χ0n) is 36.9. The van der Waals surface area contributed by atoms with Crippen LogP contribution < -0.4 is 5.19 Å². The Balaban J connectivity index is 0.000000203. The molecule has 0 aliphatic heterocycles. The molecule has 0 amide bonds. The van der Waals surface area contributed by atoms with Crippen molar-refractivity contribution in [3.8, 4) is 33.6 Å². The minimum absolute atomic E-state index is 0. The summed E-state index contributed by atoms with van der Waals surface area (Å²) in [6.07, 6.45) is 0.568. The summed E-state index contributed by atoms with van der Waals surface area (Å²) in [7, 11) is -1.61. The average Bonchev–Trinajstić information content (AvgIpc) is 3.54. The molecule has 7 aromatic rings. The van der Waals surface area contributed by atoms with Crippen LogP contribution in [0.4, 0.5) is 0 Å². The molecule has 1 aliphatic rings. The fourth-order valence-corrected chi connectivity index (χ4v) is 9.11. The first-order valence-corrected chi connectivity index (χ1v) is 20.9. The van der Waals surface area contributed by atoms with Crippen molar-refractivity contribution in [2.45, 2.75) is 71.8 Å². The molecular weight excluding hydrogens is 821 g/mol. The number of rotatable bonds is 5. The van der Waals surface area contributed by atoms with Crippen molar-refractivity contribution in [1.29, 1.82) is 0 Å². The van der Waals surface area contributed by atoms with Crippen LogP contribution >= 0.6 is 11.3 Å². The number of nitrogens with zero attached hydrogens (tertiary/aromatic N) is 2. The van der Waals surface area contributed by atoms with Gasteiger partial charge in [-0.1, -0.05) is 111 Å². The van der Waals surface area contributed by atoms with Crippen molar-refractivity contribution in [2.75, 3.05) is 0 Å². The second-order valence-electron chi connectivity index (χ2n) is 13.6. The summed E-state index contributed by atoms with van der Waals surface area (Å²) in [5.74, 6) is -0.716. The summed E-state index contributed by atoms with van der Waals surface area (Å²) >= 11 is 1.66. The van der Waals surface area contributed by atoms with Crippen LogP contribution in [0.25, 0.3) is 53.8 Å². The predicted octanol–water partition coefficient (Wildman–Crippen LogP) is 12.0. The maximum absolute atomic E-state index is 8.66. The van der Waals surface area contributed by atoms with Crippen LogP contribution in [0.2, 0.25) is 19.6 Å². The molecule has 8 rings (SSSR count). The maximum atomic E-state index is 8.66. The molecule has 2 nitrogen and oxygen atoms in total. The summed E-state index contributed by atoms with van der Waals surface area (Å²) in [5.41, 5.74) is 7.06. The number of benzene rings is 4. The monoisotopic (exact) mass is 873 g/mol. The van der Waals surface area contributed by atoms with Crippen molar-refractivity contribution < 1.29 is 31.1 Å². The normalized spacial score (nSPS) is 17.5. The van der Waals surface area contributed by atoms with Crippen molar-refractivity contribution in [3.05, 3.63) is 138 Å². The molecule has 4 aromatic carbocycles. The molecule has 50 heavy (non-hydrogen) atoms. The smallest absolute Gasteiger partial charge is 0.0799 e.